The molecule has 0 fully saturated rings. The van der Waals surface area contributed by atoms with E-state index in [4.69, 9.17) is 0 Å². The molecule has 0 aliphatic heterocycles. The molecule has 1 heterocycles. The number of nitrogens with zero attached hydrogens (tertiary/aromatic N) is 3. The summed E-state index contributed by atoms with van der Waals surface area (Å²) in [5, 5.41) is 0.824. The summed E-state index contributed by atoms with van der Waals surface area (Å²) in [6, 6.07) is 6.56. The standard InChI is InChI=1S/C12H13F2N3OS/c1-8-15-12(19-16-8)17(2)7-9-3-5-10(6-4-9)18-11(13)14/h3-6,11H,7H2,1-2H3. The van der Waals surface area contributed by atoms with E-state index in [2.05, 4.69) is 14.1 Å². The van der Waals surface area contributed by atoms with Crippen molar-refractivity contribution in [2.45, 2.75) is 20.1 Å². The molecule has 19 heavy (non-hydrogen) atoms. The number of ether oxygens (including phenoxy) is 1. The van der Waals surface area contributed by atoms with Gasteiger partial charge in [0, 0.05) is 25.1 Å². The molecule has 0 unspecified atom stereocenters. The Bertz CT molecular complexity index is 530. The Labute approximate surface area is 113 Å². The first-order valence-corrected chi connectivity index (χ1v) is 6.37. The molecule has 0 saturated carbocycles. The van der Waals surface area contributed by atoms with Gasteiger partial charge in [0.05, 0.1) is 0 Å². The minimum atomic E-state index is -2.79. The Morgan fingerprint density at radius 2 is 2.00 bits per heavy atom. The molecule has 4 nitrogen and oxygen atoms in total. The summed E-state index contributed by atoms with van der Waals surface area (Å²) >= 11 is 1.33. The Morgan fingerprint density at radius 3 is 2.53 bits per heavy atom. The molecule has 102 valence electrons. The Hall–Kier alpha value is -1.76. The highest BCUT2D eigenvalue weighted by atomic mass is 32.1. The second-order valence-corrected chi connectivity index (χ2v) is 4.73. The molecule has 0 saturated heterocycles. The summed E-state index contributed by atoms with van der Waals surface area (Å²) in [6.07, 6.45) is 0. The number of anilines is 1. The number of benzene rings is 1. The van der Waals surface area contributed by atoms with Gasteiger partial charge in [0.25, 0.3) is 0 Å². The van der Waals surface area contributed by atoms with Crippen LogP contribution in [0.25, 0.3) is 0 Å². The fraction of sp³-hybridized carbons (Fsp3) is 0.333. The summed E-state index contributed by atoms with van der Waals surface area (Å²) in [4.78, 5) is 6.23. The van der Waals surface area contributed by atoms with E-state index < -0.39 is 6.61 Å². The first-order chi connectivity index (χ1) is 9.04. The molecular formula is C12H13F2N3OS. The van der Waals surface area contributed by atoms with Crippen molar-refractivity contribution in [3.8, 4) is 5.75 Å². The van der Waals surface area contributed by atoms with Crippen molar-refractivity contribution in [3.63, 3.8) is 0 Å². The first kappa shape index (κ1) is 13.7. The topological polar surface area (TPSA) is 38.2 Å². The molecule has 0 aliphatic rings. The van der Waals surface area contributed by atoms with E-state index in [0.29, 0.717) is 6.54 Å². The molecule has 1 aromatic carbocycles. The number of aryl methyl sites for hydroxylation is 1. The maximum absolute atomic E-state index is 12.0. The van der Waals surface area contributed by atoms with Crippen molar-refractivity contribution in [3.05, 3.63) is 35.7 Å². The monoisotopic (exact) mass is 285 g/mol. The molecule has 0 atom stereocenters. The number of hydrogen-bond acceptors (Lipinski definition) is 5. The van der Waals surface area contributed by atoms with Crippen LogP contribution in [0.2, 0.25) is 0 Å². The molecule has 0 N–H and O–H groups in total. The van der Waals surface area contributed by atoms with Crippen molar-refractivity contribution in [1.82, 2.24) is 9.36 Å². The zero-order valence-electron chi connectivity index (χ0n) is 10.5. The van der Waals surface area contributed by atoms with Crippen LogP contribution < -0.4 is 9.64 Å². The third-order valence-corrected chi connectivity index (χ3v) is 3.33. The highest BCUT2D eigenvalue weighted by Gasteiger charge is 2.08. The third-order valence-electron chi connectivity index (χ3n) is 2.41. The van der Waals surface area contributed by atoms with Crippen molar-refractivity contribution in [1.29, 1.82) is 0 Å². The van der Waals surface area contributed by atoms with E-state index in [0.717, 1.165) is 16.5 Å². The molecule has 0 spiro atoms. The minimum absolute atomic E-state index is 0.160. The van der Waals surface area contributed by atoms with E-state index in [1.165, 1.54) is 23.7 Å². The van der Waals surface area contributed by atoms with E-state index in [1.807, 2.05) is 18.9 Å². The third kappa shape index (κ3) is 3.85. The van der Waals surface area contributed by atoms with Gasteiger partial charge in [-0.3, -0.25) is 0 Å². The molecule has 7 heteroatoms. The number of aromatic nitrogens is 2. The molecule has 2 aromatic rings. The van der Waals surface area contributed by atoms with Gasteiger partial charge in [0.1, 0.15) is 11.6 Å². The van der Waals surface area contributed by atoms with Crippen molar-refractivity contribution in [2.75, 3.05) is 11.9 Å². The van der Waals surface area contributed by atoms with Crippen LogP contribution in [0.15, 0.2) is 24.3 Å². The van der Waals surface area contributed by atoms with Crippen molar-refractivity contribution >= 4 is 16.7 Å². The summed E-state index contributed by atoms with van der Waals surface area (Å²) in [6.45, 7) is -0.327. The number of rotatable bonds is 5. The van der Waals surface area contributed by atoms with Crippen LogP contribution in [-0.2, 0) is 6.54 Å². The lowest BCUT2D eigenvalue weighted by atomic mass is 10.2. The van der Waals surface area contributed by atoms with Crippen LogP contribution in [0.3, 0.4) is 0 Å². The van der Waals surface area contributed by atoms with Gasteiger partial charge in [0.2, 0.25) is 5.13 Å². The number of alkyl halides is 2. The first-order valence-electron chi connectivity index (χ1n) is 5.60. The average molecular weight is 285 g/mol. The zero-order valence-corrected chi connectivity index (χ0v) is 11.3. The van der Waals surface area contributed by atoms with Crippen LogP contribution in [-0.4, -0.2) is 23.0 Å². The normalized spacial score (nSPS) is 10.8. The molecule has 2 rings (SSSR count). The molecular weight excluding hydrogens is 272 g/mol. The molecule has 0 amide bonds. The van der Waals surface area contributed by atoms with Crippen molar-refractivity contribution in [2.24, 2.45) is 0 Å². The minimum Gasteiger partial charge on any atom is -0.435 e. The predicted molar refractivity (Wildman–Crippen MR) is 69.8 cm³/mol. The fourth-order valence-corrected chi connectivity index (χ4v) is 2.19. The second-order valence-electron chi connectivity index (χ2n) is 4.00. The predicted octanol–water partition coefficient (Wildman–Crippen LogP) is 3.08. The van der Waals surface area contributed by atoms with Gasteiger partial charge < -0.3 is 9.64 Å². The van der Waals surface area contributed by atoms with Crippen LogP contribution in [0, 0.1) is 6.92 Å². The van der Waals surface area contributed by atoms with E-state index in [9.17, 15) is 8.78 Å². The maximum Gasteiger partial charge on any atom is 0.387 e. The molecule has 0 bridgehead atoms. The van der Waals surface area contributed by atoms with Crippen molar-refractivity contribution < 1.29 is 13.5 Å². The van der Waals surface area contributed by atoms with Gasteiger partial charge in [-0.15, -0.1) is 0 Å². The quantitative estimate of drug-likeness (QED) is 0.846. The van der Waals surface area contributed by atoms with E-state index >= 15 is 0 Å². The van der Waals surface area contributed by atoms with Crippen LogP contribution in [0.1, 0.15) is 11.4 Å². The van der Waals surface area contributed by atoms with E-state index in [1.54, 1.807) is 12.1 Å². The molecule has 0 radical (unpaired) electrons. The second kappa shape index (κ2) is 5.92. The largest absolute Gasteiger partial charge is 0.435 e. The van der Waals surface area contributed by atoms with Gasteiger partial charge >= 0.3 is 6.61 Å². The van der Waals surface area contributed by atoms with Gasteiger partial charge in [-0.1, -0.05) is 12.1 Å². The Kier molecular flexibility index (Phi) is 4.26. The van der Waals surface area contributed by atoms with Crippen LogP contribution in [0.5, 0.6) is 5.75 Å². The fourth-order valence-electron chi connectivity index (χ4n) is 1.56. The number of hydrogen-bond donors (Lipinski definition) is 0. The number of halogens is 2. The highest BCUT2D eigenvalue weighted by molar-refractivity contribution is 7.09. The van der Waals surface area contributed by atoms with Gasteiger partial charge in [-0.25, -0.2) is 4.98 Å². The molecule has 1 aromatic heterocycles. The van der Waals surface area contributed by atoms with Gasteiger partial charge in [-0.05, 0) is 24.6 Å². The van der Waals surface area contributed by atoms with Gasteiger partial charge in [0.15, 0.2) is 0 Å². The van der Waals surface area contributed by atoms with Crippen LogP contribution >= 0.6 is 11.5 Å². The van der Waals surface area contributed by atoms with Crippen LogP contribution in [0.4, 0.5) is 13.9 Å². The summed E-state index contributed by atoms with van der Waals surface area (Å²) in [5.74, 6) is 0.903. The molecule has 0 aliphatic carbocycles. The zero-order chi connectivity index (χ0) is 13.8. The van der Waals surface area contributed by atoms with Gasteiger partial charge in [-0.2, -0.15) is 13.2 Å². The van der Waals surface area contributed by atoms with E-state index in [-0.39, 0.29) is 5.75 Å². The SMILES string of the molecule is Cc1nsc(N(C)Cc2ccc(OC(F)F)cc2)n1. The lowest BCUT2D eigenvalue weighted by Gasteiger charge is -2.15. The maximum atomic E-state index is 12.0. The Morgan fingerprint density at radius 1 is 1.32 bits per heavy atom. The summed E-state index contributed by atoms with van der Waals surface area (Å²) in [5.41, 5.74) is 0.983. The smallest absolute Gasteiger partial charge is 0.387 e. The summed E-state index contributed by atoms with van der Waals surface area (Å²) < 4.78 is 32.4. The lowest BCUT2D eigenvalue weighted by Crippen LogP contribution is -2.16. The Balaban J connectivity index is 1.99. The summed E-state index contributed by atoms with van der Waals surface area (Å²) in [7, 11) is 1.91. The highest BCUT2D eigenvalue weighted by Crippen LogP contribution is 2.20. The average Bonchev–Trinajstić information content (AvgIpc) is 2.78. The lowest BCUT2D eigenvalue weighted by molar-refractivity contribution is -0.0498.